The normalized spacial score (nSPS) is 23.2. The van der Waals surface area contributed by atoms with E-state index in [2.05, 4.69) is 16.8 Å². The molecule has 0 radical (unpaired) electrons. The molecule has 112 valence electrons. The van der Waals surface area contributed by atoms with Crippen molar-refractivity contribution in [1.82, 2.24) is 9.88 Å². The number of aromatic hydroxyl groups is 1. The van der Waals surface area contributed by atoms with Crippen LogP contribution in [0.15, 0.2) is 12.1 Å². The molecule has 4 heteroatoms. The summed E-state index contributed by atoms with van der Waals surface area (Å²) in [6, 6.07) is 4.55. The lowest BCUT2D eigenvalue weighted by molar-refractivity contribution is 0.139. The van der Waals surface area contributed by atoms with Gasteiger partial charge in [-0.1, -0.05) is 6.92 Å². The van der Waals surface area contributed by atoms with Crippen LogP contribution < -0.4 is 5.73 Å². The highest BCUT2D eigenvalue weighted by Gasteiger charge is 2.24. The van der Waals surface area contributed by atoms with E-state index in [-0.39, 0.29) is 0 Å². The van der Waals surface area contributed by atoms with Crippen LogP contribution in [-0.4, -0.2) is 33.6 Å². The third-order valence-electron chi connectivity index (χ3n) is 4.21. The van der Waals surface area contributed by atoms with E-state index in [1.807, 2.05) is 13.0 Å². The molecule has 20 heavy (non-hydrogen) atoms. The molecule has 1 fully saturated rings. The first kappa shape index (κ1) is 15.3. The van der Waals surface area contributed by atoms with Crippen molar-refractivity contribution in [2.45, 2.75) is 64.6 Å². The molecular formula is C16H27N3O. The molecule has 3 N–H and O–H groups in total. The van der Waals surface area contributed by atoms with Gasteiger partial charge in [0.15, 0.2) is 0 Å². The molecule has 0 aromatic carbocycles. The van der Waals surface area contributed by atoms with Gasteiger partial charge in [0.2, 0.25) is 0 Å². The van der Waals surface area contributed by atoms with Crippen LogP contribution in [0, 0.1) is 6.92 Å². The number of rotatable bonds is 5. The standard InChI is InChI=1S/C16H27N3O/c1-3-10-19(14-7-5-13(17)6-8-14)11-15-16(20)9-4-12(2)18-15/h4,9,13-14,20H,3,5-8,10-11,17H2,1-2H3. The smallest absolute Gasteiger partial charge is 0.138 e. The van der Waals surface area contributed by atoms with Crippen molar-refractivity contribution in [1.29, 1.82) is 0 Å². The van der Waals surface area contributed by atoms with Crippen LogP contribution in [0.2, 0.25) is 0 Å². The second kappa shape index (κ2) is 7.04. The van der Waals surface area contributed by atoms with E-state index >= 15 is 0 Å². The second-order valence-corrected chi connectivity index (χ2v) is 5.96. The fourth-order valence-electron chi connectivity index (χ4n) is 3.06. The Balaban J connectivity index is 2.06. The number of hydrogen-bond donors (Lipinski definition) is 2. The Bertz CT molecular complexity index is 428. The van der Waals surface area contributed by atoms with Crippen LogP contribution in [0.5, 0.6) is 5.75 Å². The Morgan fingerprint density at radius 3 is 2.65 bits per heavy atom. The number of nitrogens with zero attached hydrogens (tertiary/aromatic N) is 2. The summed E-state index contributed by atoms with van der Waals surface area (Å²) in [4.78, 5) is 6.95. The average Bonchev–Trinajstić information content (AvgIpc) is 2.43. The molecule has 1 saturated carbocycles. The van der Waals surface area contributed by atoms with Crippen LogP contribution in [0.3, 0.4) is 0 Å². The van der Waals surface area contributed by atoms with Crippen molar-refractivity contribution >= 4 is 0 Å². The molecule has 4 nitrogen and oxygen atoms in total. The van der Waals surface area contributed by atoms with Crippen molar-refractivity contribution < 1.29 is 5.11 Å². The van der Waals surface area contributed by atoms with Gasteiger partial charge in [-0.3, -0.25) is 9.88 Å². The highest BCUT2D eigenvalue weighted by molar-refractivity contribution is 5.27. The molecule has 0 atom stereocenters. The summed E-state index contributed by atoms with van der Waals surface area (Å²) in [6.07, 6.45) is 5.66. The minimum atomic E-state index is 0.309. The van der Waals surface area contributed by atoms with Gasteiger partial charge in [0.05, 0.1) is 5.69 Å². The molecule has 2 rings (SSSR count). The number of aryl methyl sites for hydroxylation is 1. The molecule has 1 heterocycles. The highest BCUT2D eigenvalue weighted by atomic mass is 16.3. The van der Waals surface area contributed by atoms with Crippen molar-refractivity contribution in [3.8, 4) is 5.75 Å². The van der Waals surface area contributed by atoms with Gasteiger partial charge in [-0.05, 0) is 57.7 Å². The summed E-state index contributed by atoms with van der Waals surface area (Å²) in [5.41, 5.74) is 7.75. The fourth-order valence-corrected chi connectivity index (χ4v) is 3.06. The first-order valence-electron chi connectivity index (χ1n) is 7.75. The summed E-state index contributed by atoms with van der Waals surface area (Å²) < 4.78 is 0. The molecule has 1 aliphatic rings. The van der Waals surface area contributed by atoms with E-state index in [0.29, 0.717) is 17.8 Å². The summed E-state index contributed by atoms with van der Waals surface area (Å²) >= 11 is 0. The van der Waals surface area contributed by atoms with Crippen molar-refractivity contribution in [3.63, 3.8) is 0 Å². The summed E-state index contributed by atoms with van der Waals surface area (Å²) in [5.74, 6) is 0.309. The van der Waals surface area contributed by atoms with Gasteiger partial charge in [0.1, 0.15) is 5.75 Å². The largest absolute Gasteiger partial charge is 0.506 e. The van der Waals surface area contributed by atoms with Crippen LogP contribution in [-0.2, 0) is 6.54 Å². The van der Waals surface area contributed by atoms with Crippen molar-refractivity contribution in [2.24, 2.45) is 5.73 Å². The summed E-state index contributed by atoms with van der Waals surface area (Å²) in [6.45, 7) is 5.95. The van der Waals surface area contributed by atoms with E-state index in [1.165, 1.54) is 0 Å². The predicted octanol–water partition coefficient (Wildman–Crippen LogP) is 2.58. The summed E-state index contributed by atoms with van der Waals surface area (Å²) in [5, 5.41) is 9.98. The molecule has 1 aromatic rings. The van der Waals surface area contributed by atoms with Crippen LogP contribution in [0.1, 0.15) is 50.4 Å². The maximum atomic E-state index is 9.98. The topological polar surface area (TPSA) is 62.4 Å². The third kappa shape index (κ3) is 3.93. The first-order valence-corrected chi connectivity index (χ1v) is 7.75. The number of aromatic nitrogens is 1. The Morgan fingerprint density at radius 1 is 1.30 bits per heavy atom. The van der Waals surface area contributed by atoms with Crippen LogP contribution >= 0.6 is 0 Å². The predicted molar refractivity (Wildman–Crippen MR) is 81.6 cm³/mol. The Kier molecular flexibility index (Phi) is 5.38. The van der Waals surface area contributed by atoms with Gasteiger partial charge in [-0.15, -0.1) is 0 Å². The lowest BCUT2D eigenvalue weighted by Crippen LogP contribution is -2.41. The Hall–Kier alpha value is -1.13. The fraction of sp³-hybridized carbons (Fsp3) is 0.688. The maximum Gasteiger partial charge on any atom is 0.138 e. The second-order valence-electron chi connectivity index (χ2n) is 5.96. The van der Waals surface area contributed by atoms with Crippen LogP contribution in [0.25, 0.3) is 0 Å². The lowest BCUT2D eigenvalue weighted by Gasteiger charge is -2.35. The lowest BCUT2D eigenvalue weighted by atomic mass is 9.90. The van der Waals surface area contributed by atoms with E-state index in [4.69, 9.17) is 5.73 Å². The molecule has 0 aliphatic heterocycles. The molecule has 1 aromatic heterocycles. The van der Waals surface area contributed by atoms with Gasteiger partial charge in [0.25, 0.3) is 0 Å². The van der Waals surface area contributed by atoms with E-state index in [9.17, 15) is 5.11 Å². The maximum absolute atomic E-state index is 9.98. The number of pyridine rings is 1. The van der Waals surface area contributed by atoms with Crippen molar-refractivity contribution in [2.75, 3.05) is 6.54 Å². The molecule has 1 aliphatic carbocycles. The molecule has 0 unspecified atom stereocenters. The third-order valence-corrected chi connectivity index (χ3v) is 4.21. The molecule has 0 amide bonds. The number of nitrogens with two attached hydrogens (primary N) is 1. The van der Waals surface area contributed by atoms with E-state index in [0.717, 1.165) is 56.6 Å². The average molecular weight is 277 g/mol. The minimum absolute atomic E-state index is 0.309. The molecule has 0 bridgehead atoms. The van der Waals surface area contributed by atoms with Gasteiger partial charge in [-0.2, -0.15) is 0 Å². The Morgan fingerprint density at radius 2 is 2.00 bits per heavy atom. The minimum Gasteiger partial charge on any atom is -0.506 e. The molecule has 0 saturated heterocycles. The van der Waals surface area contributed by atoms with Gasteiger partial charge in [0, 0.05) is 24.3 Å². The summed E-state index contributed by atoms with van der Waals surface area (Å²) in [7, 11) is 0. The Labute approximate surface area is 122 Å². The van der Waals surface area contributed by atoms with Crippen LogP contribution in [0.4, 0.5) is 0 Å². The van der Waals surface area contributed by atoms with E-state index in [1.54, 1.807) is 6.07 Å². The monoisotopic (exact) mass is 277 g/mol. The number of hydrogen-bond acceptors (Lipinski definition) is 4. The SMILES string of the molecule is CCCN(Cc1nc(C)ccc1O)C1CCC(N)CC1. The molecular weight excluding hydrogens is 250 g/mol. The first-order chi connectivity index (χ1) is 9.60. The van der Waals surface area contributed by atoms with Gasteiger partial charge in [-0.25, -0.2) is 0 Å². The zero-order valence-corrected chi connectivity index (χ0v) is 12.7. The quantitative estimate of drug-likeness (QED) is 0.868. The molecule has 0 spiro atoms. The van der Waals surface area contributed by atoms with Crippen molar-refractivity contribution in [3.05, 3.63) is 23.5 Å². The highest BCUT2D eigenvalue weighted by Crippen LogP contribution is 2.25. The van der Waals surface area contributed by atoms with Gasteiger partial charge >= 0.3 is 0 Å². The van der Waals surface area contributed by atoms with Gasteiger partial charge < -0.3 is 10.8 Å². The zero-order valence-electron chi connectivity index (χ0n) is 12.7. The van der Waals surface area contributed by atoms with E-state index < -0.39 is 0 Å². The zero-order chi connectivity index (χ0) is 14.5.